The summed E-state index contributed by atoms with van der Waals surface area (Å²) in [6, 6.07) is 9.38. The molecule has 2 aromatic carbocycles. The summed E-state index contributed by atoms with van der Waals surface area (Å²) in [6.07, 6.45) is 0. The summed E-state index contributed by atoms with van der Waals surface area (Å²) in [6.45, 7) is 3.91. The number of aromatic nitrogens is 2. The van der Waals surface area contributed by atoms with Gasteiger partial charge in [0.05, 0.1) is 14.7 Å². The summed E-state index contributed by atoms with van der Waals surface area (Å²) in [5.74, 6) is 0.898. The smallest absolute Gasteiger partial charge is 0.284 e. The number of nitro benzene ring substituents is 1. The van der Waals surface area contributed by atoms with E-state index in [1.54, 1.807) is 0 Å². The normalized spacial score (nSPS) is 11.4. The molecule has 12 heteroatoms. The number of ether oxygens (including phenoxy) is 1. The van der Waals surface area contributed by atoms with Crippen LogP contribution >= 0.6 is 11.8 Å². The summed E-state index contributed by atoms with van der Waals surface area (Å²) < 4.78 is 37.1. The first-order valence-corrected chi connectivity index (χ1v) is 10.9. The average molecular weight is 450 g/mol. The number of aryl methyl sites for hydroxylation is 2. The standard InChI is InChI=1S/C18H18N4O6S2/c1-11-4-5-12(2)15(8-11)27-10-17-20-21-18(28-17)29-16-7-6-13(30(25,26)19-3)9-14(16)22(23)24/h4-9,19H,10H2,1-3H3. The second-order valence-corrected chi connectivity index (χ2v) is 9.10. The molecule has 0 spiro atoms. The molecule has 0 atom stereocenters. The van der Waals surface area contributed by atoms with Gasteiger partial charge in [0, 0.05) is 6.07 Å². The first kappa shape index (κ1) is 21.7. The van der Waals surface area contributed by atoms with E-state index in [4.69, 9.17) is 9.15 Å². The zero-order valence-electron chi connectivity index (χ0n) is 16.3. The highest BCUT2D eigenvalue weighted by Crippen LogP contribution is 2.35. The molecule has 3 aromatic rings. The van der Waals surface area contributed by atoms with Crippen molar-refractivity contribution in [3.63, 3.8) is 0 Å². The molecule has 0 fully saturated rings. The van der Waals surface area contributed by atoms with Crippen molar-refractivity contribution in [3.8, 4) is 5.75 Å². The maximum atomic E-state index is 11.9. The minimum atomic E-state index is -3.81. The molecular formula is C18H18N4O6S2. The lowest BCUT2D eigenvalue weighted by Gasteiger charge is -2.07. The van der Waals surface area contributed by atoms with Gasteiger partial charge in [-0.2, -0.15) is 0 Å². The van der Waals surface area contributed by atoms with Crippen LogP contribution in [0.15, 0.2) is 55.8 Å². The van der Waals surface area contributed by atoms with Gasteiger partial charge in [-0.05, 0) is 62.0 Å². The van der Waals surface area contributed by atoms with Crippen molar-refractivity contribution < 1.29 is 22.5 Å². The Balaban J connectivity index is 1.77. The third-order valence-electron chi connectivity index (χ3n) is 4.05. The number of nitrogens with one attached hydrogen (secondary N) is 1. The van der Waals surface area contributed by atoms with Crippen molar-refractivity contribution in [3.05, 3.63) is 63.5 Å². The second-order valence-electron chi connectivity index (χ2n) is 6.22. The van der Waals surface area contributed by atoms with Crippen LogP contribution < -0.4 is 9.46 Å². The molecule has 0 unspecified atom stereocenters. The highest BCUT2D eigenvalue weighted by molar-refractivity contribution is 7.99. The third-order valence-corrected chi connectivity index (χ3v) is 6.36. The zero-order valence-corrected chi connectivity index (χ0v) is 17.9. The van der Waals surface area contributed by atoms with Crippen LogP contribution in [0.3, 0.4) is 0 Å². The van der Waals surface area contributed by atoms with E-state index in [-0.39, 0.29) is 33.2 Å². The van der Waals surface area contributed by atoms with Crippen molar-refractivity contribution >= 4 is 27.5 Å². The lowest BCUT2D eigenvalue weighted by molar-refractivity contribution is -0.388. The number of hydrogen-bond donors (Lipinski definition) is 1. The summed E-state index contributed by atoms with van der Waals surface area (Å²) >= 11 is 0.865. The van der Waals surface area contributed by atoms with Crippen molar-refractivity contribution in [1.82, 2.24) is 14.9 Å². The zero-order chi connectivity index (χ0) is 21.9. The van der Waals surface area contributed by atoms with Crippen LogP contribution in [-0.4, -0.2) is 30.6 Å². The number of hydrogen-bond acceptors (Lipinski definition) is 9. The third kappa shape index (κ3) is 4.96. The topological polar surface area (TPSA) is 137 Å². The Bertz CT molecular complexity index is 1190. The number of sulfonamides is 1. The van der Waals surface area contributed by atoms with Gasteiger partial charge in [0.1, 0.15) is 5.75 Å². The molecule has 0 bridgehead atoms. The molecule has 0 saturated heterocycles. The molecule has 1 heterocycles. The minimum absolute atomic E-state index is 0.0410. The average Bonchev–Trinajstić information content (AvgIpc) is 3.16. The lowest BCUT2D eigenvalue weighted by Crippen LogP contribution is -2.18. The van der Waals surface area contributed by atoms with Crippen LogP contribution in [0.2, 0.25) is 0 Å². The first-order valence-electron chi connectivity index (χ1n) is 8.62. The summed E-state index contributed by atoms with van der Waals surface area (Å²) in [7, 11) is -2.59. The van der Waals surface area contributed by atoms with Gasteiger partial charge in [-0.25, -0.2) is 13.1 Å². The van der Waals surface area contributed by atoms with Crippen molar-refractivity contribution in [2.24, 2.45) is 0 Å². The lowest BCUT2D eigenvalue weighted by atomic mass is 10.1. The van der Waals surface area contributed by atoms with E-state index in [1.807, 2.05) is 32.0 Å². The number of rotatable bonds is 8. The highest BCUT2D eigenvalue weighted by Gasteiger charge is 2.22. The first-order chi connectivity index (χ1) is 14.2. The number of nitrogens with zero attached hydrogens (tertiary/aromatic N) is 3. The highest BCUT2D eigenvalue weighted by atomic mass is 32.2. The Morgan fingerprint density at radius 1 is 1.20 bits per heavy atom. The fraction of sp³-hybridized carbons (Fsp3) is 0.222. The fourth-order valence-electron chi connectivity index (χ4n) is 2.45. The van der Waals surface area contributed by atoms with Crippen molar-refractivity contribution in [2.75, 3.05) is 7.05 Å². The number of nitro groups is 1. The van der Waals surface area contributed by atoms with Crippen LogP contribution in [0, 0.1) is 24.0 Å². The molecule has 0 amide bonds. The van der Waals surface area contributed by atoms with E-state index < -0.39 is 14.9 Å². The van der Waals surface area contributed by atoms with Crippen LogP contribution in [0.4, 0.5) is 5.69 Å². The van der Waals surface area contributed by atoms with Crippen LogP contribution in [0.25, 0.3) is 0 Å². The Morgan fingerprint density at radius 3 is 2.67 bits per heavy atom. The van der Waals surface area contributed by atoms with E-state index in [2.05, 4.69) is 14.9 Å². The van der Waals surface area contributed by atoms with E-state index in [9.17, 15) is 18.5 Å². The molecular weight excluding hydrogens is 432 g/mol. The van der Waals surface area contributed by atoms with Gasteiger partial charge >= 0.3 is 0 Å². The molecule has 0 aliphatic heterocycles. The van der Waals surface area contributed by atoms with E-state index in [0.717, 1.165) is 29.0 Å². The summed E-state index contributed by atoms with van der Waals surface area (Å²) in [5.41, 5.74) is 1.62. The predicted molar refractivity (Wildman–Crippen MR) is 108 cm³/mol. The molecule has 1 aromatic heterocycles. The predicted octanol–water partition coefficient (Wildman–Crippen LogP) is 3.23. The number of benzene rings is 2. The minimum Gasteiger partial charge on any atom is -0.484 e. The van der Waals surface area contributed by atoms with Crippen LogP contribution in [0.5, 0.6) is 5.75 Å². The molecule has 158 valence electrons. The van der Waals surface area contributed by atoms with Crippen molar-refractivity contribution in [2.45, 2.75) is 35.5 Å². The molecule has 0 aliphatic rings. The largest absolute Gasteiger partial charge is 0.484 e. The Hall–Kier alpha value is -2.96. The monoisotopic (exact) mass is 450 g/mol. The fourth-order valence-corrected chi connectivity index (χ4v) is 3.98. The van der Waals surface area contributed by atoms with Gasteiger partial charge in [-0.1, -0.05) is 12.1 Å². The Kier molecular flexibility index (Phi) is 6.39. The van der Waals surface area contributed by atoms with E-state index in [0.29, 0.717) is 5.75 Å². The SMILES string of the molecule is CNS(=O)(=O)c1ccc(Sc2nnc(COc3cc(C)ccc3C)o2)c([N+](=O)[O-])c1. The van der Waals surface area contributed by atoms with Crippen molar-refractivity contribution in [1.29, 1.82) is 0 Å². The maximum absolute atomic E-state index is 11.9. The van der Waals surface area contributed by atoms with Crippen LogP contribution in [0.1, 0.15) is 17.0 Å². The summed E-state index contributed by atoms with van der Waals surface area (Å²) in [4.78, 5) is 10.7. The Morgan fingerprint density at radius 2 is 1.97 bits per heavy atom. The molecule has 10 nitrogen and oxygen atoms in total. The molecule has 3 rings (SSSR count). The van der Waals surface area contributed by atoms with Gasteiger partial charge in [0.15, 0.2) is 6.61 Å². The van der Waals surface area contributed by atoms with Gasteiger partial charge in [0.25, 0.3) is 16.8 Å². The molecule has 0 saturated carbocycles. The quantitative estimate of drug-likeness (QED) is 0.405. The molecule has 0 aliphatic carbocycles. The van der Waals surface area contributed by atoms with E-state index >= 15 is 0 Å². The summed E-state index contributed by atoms with van der Waals surface area (Å²) in [5, 5.41) is 19.2. The maximum Gasteiger partial charge on any atom is 0.284 e. The van der Waals surface area contributed by atoms with Gasteiger partial charge < -0.3 is 9.15 Å². The molecule has 1 N–H and O–H groups in total. The van der Waals surface area contributed by atoms with E-state index in [1.165, 1.54) is 19.2 Å². The van der Waals surface area contributed by atoms with Gasteiger partial charge in [0.2, 0.25) is 10.0 Å². The Labute approximate surface area is 176 Å². The van der Waals surface area contributed by atoms with Gasteiger partial charge in [-0.15, -0.1) is 10.2 Å². The second kappa shape index (κ2) is 8.81. The molecule has 30 heavy (non-hydrogen) atoms. The molecule has 0 radical (unpaired) electrons. The van der Waals surface area contributed by atoms with Gasteiger partial charge in [-0.3, -0.25) is 10.1 Å². The van der Waals surface area contributed by atoms with Crippen LogP contribution in [-0.2, 0) is 16.6 Å².